The number of thioether (sulfide) groups is 1. The van der Waals surface area contributed by atoms with Crippen LogP contribution < -0.4 is 10.1 Å². The minimum absolute atomic E-state index is 0.164. The molecule has 0 saturated heterocycles. The van der Waals surface area contributed by atoms with Crippen molar-refractivity contribution in [2.24, 2.45) is 0 Å². The number of hydrogen-bond donors (Lipinski definition) is 1. The van der Waals surface area contributed by atoms with Gasteiger partial charge in [-0.05, 0) is 63.3 Å². The summed E-state index contributed by atoms with van der Waals surface area (Å²) < 4.78 is 10.3. The molecule has 0 radical (unpaired) electrons. The van der Waals surface area contributed by atoms with Crippen LogP contribution in [0.15, 0.2) is 40.8 Å². The highest BCUT2D eigenvalue weighted by Gasteiger charge is 2.17. The second-order valence-electron chi connectivity index (χ2n) is 6.25. The van der Waals surface area contributed by atoms with E-state index in [-0.39, 0.29) is 11.7 Å². The second kappa shape index (κ2) is 10.9. The van der Waals surface area contributed by atoms with Crippen LogP contribution >= 0.6 is 11.8 Å². The van der Waals surface area contributed by atoms with E-state index in [9.17, 15) is 9.59 Å². The summed E-state index contributed by atoms with van der Waals surface area (Å²) >= 11 is 1.37. The molecule has 0 bridgehead atoms. The number of rotatable bonds is 9. The lowest BCUT2D eigenvalue weighted by Crippen LogP contribution is -2.36. The van der Waals surface area contributed by atoms with Crippen molar-refractivity contribution >= 4 is 23.6 Å². The zero-order valence-corrected chi connectivity index (χ0v) is 16.3. The lowest BCUT2D eigenvalue weighted by Gasteiger charge is -2.15. The zero-order valence-electron chi connectivity index (χ0n) is 15.5. The molecule has 0 fully saturated rings. The van der Waals surface area contributed by atoms with Gasteiger partial charge in [-0.2, -0.15) is 0 Å². The van der Waals surface area contributed by atoms with Gasteiger partial charge < -0.3 is 14.8 Å². The van der Waals surface area contributed by atoms with Gasteiger partial charge in [0.1, 0.15) is 5.75 Å². The van der Waals surface area contributed by atoms with Gasteiger partial charge in [0.05, 0.1) is 12.9 Å². The number of methoxy groups -OCH3 is 1. The van der Waals surface area contributed by atoms with Gasteiger partial charge in [-0.25, -0.2) is 0 Å². The van der Waals surface area contributed by atoms with E-state index < -0.39 is 12.1 Å². The van der Waals surface area contributed by atoms with Gasteiger partial charge >= 0.3 is 5.97 Å². The van der Waals surface area contributed by atoms with Crippen molar-refractivity contribution in [2.45, 2.75) is 50.0 Å². The van der Waals surface area contributed by atoms with Crippen LogP contribution in [-0.2, 0) is 14.3 Å². The van der Waals surface area contributed by atoms with Crippen molar-refractivity contribution in [3.8, 4) is 5.75 Å². The van der Waals surface area contributed by atoms with Crippen LogP contribution in [-0.4, -0.2) is 37.4 Å². The normalized spacial score (nSPS) is 14.9. The van der Waals surface area contributed by atoms with Crippen LogP contribution in [0.4, 0.5) is 0 Å². The van der Waals surface area contributed by atoms with Crippen LogP contribution in [0, 0.1) is 0 Å². The molecule has 0 spiro atoms. The number of esters is 1. The van der Waals surface area contributed by atoms with Crippen molar-refractivity contribution in [2.75, 3.05) is 19.4 Å². The predicted octanol–water partition coefficient (Wildman–Crippen LogP) is 3.73. The molecule has 1 aromatic carbocycles. The Labute approximate surface area is 159 Å². The molecule has 1 N–H and O–H groups in total. The summed E-state index contributed by atoms with van der Waals surface area (Å²) in [6, 6.07) is 7.44. The van der Waals surface area contributed by atoms with E-state index in [1.165, 1.54) is 30.2 Å². The first-order chi connectivity index (χ1) is 12.6. The Hall–Kier alpha value is -1.95. The van der Waals surface area contributed by atoms with E-state index in [2.05, 4.69) is 11.4 Å². The molecule has 5 nitrogen and oxygen atoms in total. The first kappa shape index (κ1) is 20.4. The number of benzene rings is 1. The molecule has 0 heterocycles. The molecule has 1 aromatic rings. The number of amides is 1. The Balaban J connectivity index is 1.64. The molecule has 0 saturated carbocycles. The average molecular weight is 378 g/mol. The smallest absolute Gasteiger partial charge is 0.317 e. The second-order valence-corrected chi connectivity index (χ2v) is 7.29. The topological polar surface area (TPSA) is 64.6 Å². The monoisotopic (exact) mass is 377 g/mol. The van der Waals surface area contributed by atoms with Crippen LogP contribution in [0.25, 0.3) is 0 Å². The maximum atomic E-state index is 12.0. The minimum atomic E-state index is -0.778. The number of carbonyl (C=O) groups excluding carboxylic acids is 2. The number of nitrogens with one attached hydrogen (secondary N) is 1. The Morgan fingerprint density at radius 3 is 2.65 bits per heavy atom. The molecule has 0 unspecified atom stereocenters. The molecule has 6 heteroatoms. The third kappa shape index (κ3) is 7.12. The summed E-state index contributed by atoms with van der Waals surface area (Å²) in [5.41, 5.74) is 1.41. The van der Waals surface area contributed by atoms with E-state index >= 15 is 0 Å². The van der Waals surface area contributed by atoms with Gasteiger partial charge in [0.15, 0.2) is 6.10 Å². The molecule has 1 atom stereocenters. The van der Waals surface area contributed by atoms with E-state index in [4.69, 9.17) is 9.47 Å². The number of hydrogen-bond acceptors (Lipinski definition) is 5. The summed E-state index contributed by atoms with van der Waals surface area (Å²) in [6.07, 6.45) is 7.14. The van der Waals surface area contributed by atoms with Gasteiger partial charge in [-0.1, -0.05) is 11.6 Å². The highest BCUT2D eigenvalue weighted by atomic mass is 32.2. The largest absolute Gasteiger partial charge is 0.497 e. The summed E-state index contributed by atoms with van der Waals surface area (Å²) in [4.78, 5) is 24.9. The molecule has 142 valence electrons. The third-order valence-corrected chi connectivity index (χ3v) is 5.21. The average Bonchev–Trinajstić information content (AvgIpc) is 2.67. The van der Waals surface area contributed by atoms with Gasteiger partial charge in [-0.3, -0.25) is 9.59 Å². The van der Waals surface area contributed by atoms with Crippen molar-refractivity contribution in [1.29, 1.82) is 0 Å². The fourth-order valence-corrected chi connectivity index (χ4v) is 3.40. The van der Waals surface area contributed by atoms with E-state index in [0.29, 0.717) is 6.54 Å². The number of ether oxygens (including phenoxy) is 2. The quantitative estimate of drug-likeness (QED) is 0.404. The van der Waals surface area contributed by atoms with Gasteiger partial charge in [0.25, 0.3) is 5.91 Å². The third-order valence-electron chi connectivity index (χ3n) is 4.22. The fourth-order valence-electron chi connectivity index (χ4n) is 2.72. The SMILES string of the molecule is COc1ccc(SCC(=O)O[C@@H](C)C(=O)NCCC2=CCCCC2)cc1. The lowest BCUT2D eigenvalue weighted by atomic mass is 9.97. The molecule has 0 aromatic heterocycles. The van der Waals surface area contributed by atoms with Gasteiger partial charge in [0.2, 0.25) is 0 Å². The maximum Gasteiger partial charge on any atom is 0.317 e. The fraction of sp³-hybridized carbons (Fsp3) is 0.500. The zero-order chi connectivity index (χ0) is 18.8. The molecule has 26 heavy (non-hydrogen) atoms. The molecule has 1 amide bonds. The first-order valence-electron chi connectivity index (χ1n) is 9.00. The lowest BCUT2D eigenvalue weighted by molar-refractivity contribution is -0.152. The molecule has 0 aliphatic heterocycles. The van der Waals surface area contributed by atoms with E-state index in [1.54, 1.807) is 14.0 Å². The van der Waals surface area contributed by atoms with Crippen LogP contribution in [0.2, 0.25) is 0 Å². The summed E-state index contributed by atoms with van der Waals surface area (Å²) in [5, 5.41) is 2.84. The molecular formula is C20H27NO4S. The maximum absolute atomic E-state index is 12.0. The van der Waals surface area contributed by atoms with Crippen molar-refractivity contribution in [3.63, 3.8) is 0 Å². The standard InChI is InChI=1S/C20H27NO4S/c1-15(20(23)21-13-12-16-6-4-3-5-7-16)25-19(22)14-26-18-10-8-17(24-2)9-11-18/h6,8-11,15H,3-5,7,12-14H2,1-2H3,(H,21,23)/t15-/m0/s1. The summed E-state index contributed by atoms with van der Waals surface area (Å²) in [7, 11) is 1.61. The van der Waals surface area contributed by atoms with Crippen LogP contribution in [0.5, 0.6) is 5.75 Å². The highest BCUT2D eigenvalue weighted by molar-refractivity contribution is 8.00. The molecule has 2 rings (SSSR count). The first-order valence-corrected chi connectivity index (χ1v) is 9.99. The predicted molar refractivity (Wildman–Crippen MR) is 103 cm³/mol. The van der Waals surface area contributed by atoms with Crippen LogP contribution in [0.1, 0.15) is 39.0 Å². The number of carbonyl (C=O) groups is 2. The van der Waals surface area contributed by atoms with Gasteiger partial charge in [-0.15, -0.1) is 11.8 Å². The van der Waals surface area contributed by atoms with Crippen molar-refractivity contribution in [1.82, 2.24) is 5.32 Å². The summed E-state index contributed by atoms with van der Waals surface area (Å²) in [5.74, 6) is 0.287. The van der Waals surface area contributed by atoms with Crippen molar-refractivity contribution < 1.29 is 19.1 Å². The van der Waals surface area contributed by atoms with Crippen molar-refractivity contribution in [3.05, 3.63) is 35.9 Å². The van der Waals surface area contributed by atoms with E-state index in [0.717, 1.165) is 29.9 Å². The summed E-state index contributed by atoms with van der Waals surface area (Å²) in [6.45, 7) is 2.19. The van der Waals surface area contributed by atoms with Crippen LogP contribution in [0.3, 0.4) is 0 Å². The number of allylic oxidation sites excluding steroid dienone is 1. The Kier molecular flexibility index (Phi) is 8.54. The molecule has 1 aliphatic rings. The molecular weight excluding hydrogens is 350 g/mol. The minimum Gasteiger partial charge on any atom is -0.497 e. The Morgan fingerprint density at radius 2 is 2.00 bits per heavy atom. The Bertz CT molecular complexity index is 627. The highest BCUT2D eigenvalue weighted by Crippen LogP contribution is 2.21. The van der Waals surface area contributed by atoms with Gasteiger partial charge in [0, 0.05) is 11.4 Å². The molecule has 1 aliphatic carbocycles. The van der Waals surface area contributed by atoms with E-state index in [1.807, 2.05) is 24.3 Å². The Morgan fingerprint density at radius 1 is 1.23 bits per heavy atom.